The van der Waals surface area contributed by atoms with E-state index in [9.17, 15) is 14.9 Å². The number of non-ortho nitro benzene ring substituents is 1. The van der Waals surface area contributed by atoms with E-state index in [4.69, 9.17) is 4.74 Å². The fourth-order valence-electron chi connectivity index (χ4n) is 3.28. The molecule has 0 aliphatic carbocycles. The molecular weight excluding hydrogens is 376 g/mol. The van der Waals surface area contributed by atoms with Crippen molar-refractivity contribution in [1.29, 1.82) is 0 Å². The molecule has 0 saturated carbocycles. The van der Waals surface area contributed by atoms with Crippen molar-refractivity contribution < 1.29 is 14.5 Å². The van der Waals surface area contributed by atoms with Crippen LogP contribution in [0.25, 0.3) is 11.1 Å². The van der Waals surface area contributed by atoms with E-state index in [2.05, 4.69) is 4.90 Å². The van der Waals surface area contributed by atoms with Crippen molar-refractivity contribution in [1.82, 2.24) is 0 Å². The Morgan fingerprint density at radius 2 is 1.71 bits per heavy atom. The van der Waals surface area contributed by atoms with E-state index >= 15 is 0 Å². The van der Waals surface area contributed by atoms with Crippen LogP contribution in [-0.4, -0.2) is 37.0 Å². The van der Waals surface area contributed by atoms with Gasteiger partial charge in [0.2, 0.25) is 0 Å². The van der Waals surface area contributed by atoms with Crippen molar-refractivity contribution in [2.45, 2.75) is 0 Å². The largest absolute Gasteiger partial charge is 0.378 e. The lowest BCUT2D eigenvalue weighted by Crippen LogP contribution is -2.36. The van der Waals surface area contributed by atoms with E-state index in [0.29, 0.717) is 24.3 Å². The van der Waals surface area contributed by atoms with Crippen LogP contribution in [0.3, 0.4) is 0 Å². The van der Waals surface area contributed by atoms with E-state index in [0.717, 1.165) is 29.2 Å². The van der Waals surface area contributed by atoms with Gasteiger partial charge in [-0.2, -0.15) is 0 Å². The molecule has 1 aliphatic rings. The monoisotopic (exact) mass is 394 g/mol. The highest BCUT2D eigenvalue weighted by atomic mass is 32.1. The summed E-state index contributed by atoms with van der Waals surface area (Å²) in [5.74, 6) is -0.0447. The first-order chi connectivity index (χ1) is 13.6. The van der Waals surface area contributed by atoms with Gasteiger partial charge in [-0.1, -0.05) is 30.3 Å². The molecular formula is C21H18N2O4S. The number of rotatable bonds is 5. The summed E-state index contributed by atoms with van der Waals surface area (Å²) in [6.07, 6.45) is 0. The Morgan fingerprint density at radius 1 is 1.04 bits per heavy atom. The van der Waals surface area contributed by atoms with Gasteiger partial charge in [0, 0.05) is 41.7 Å². The third kappa shape index (κ3) is 3.54. The minimum absolute atomic E-state index is 0.0309. The van der Waals surface area contributed by atoms with Gasteiger partial charge in [-0.15, -0.1) is 11.3 Å². The second-order valence-corrected chi connectivity index (χ2v) is 7.29. The number of benzene rings is 2. The number of morpholine rings is 1. The van der Waals surface area contributed by atoms with Crippen LogP contribution in [-0.2, 0) is 4.74 Å². The van der Waals surface area contributed by atoms with E-state index in [1.807, 2.05) is 35.7 Å². The molecule has 1 aliphatic heterocycles. The zero-order chi connectivity index (χ0) is 19.5. The summed E-state index contributed by atoms with van der Waals surface area (Å²) in [5, 5.41) is 13.8. The maximum atomic E-state index is 13.4. The molecule has 142 valence electrons. The lowest BCUT2D eigenvalue weighted by molar-refractivity contribution is -0.384. The van der Waals surface area contributed by atoms with E-state index < -0.39 is 4.92 Å². The zero-order valence-corrected chi connectivity index (χ0v) is 15.9. The minimum atomic E-state index is -0.424. The quantitative estimate of drug-likeness (QED) is 0.365. The summed E-state index contributed by atoms with van der Waals surface area (Å²) in [5.41, 5.74) is 2.89. The molecule has 1 fully saturated rings. The molecule has 0 bridgehead atoms. The molecule has 0 amide bonds. The molecule has 0 N–H and O–H groups in total. The lowest BCUT2D eigenvalue weighted by atomic mass is 9.96. The number of nitrogens with zero attached hydrogens (tertiary/aromatic N) is 2. The van der Waals surface area contributed by atoms with Gasteiger partial charge in [0.05, 0.1) is 23.7 Å². The maximum absolute atomic E-state index is 13.4. The van der Waals surface area contributed by atoms with Crippen LogP contribution in [0.2, 0.25) is 0 Å². The third-order valence-corrected chi connectivity index (χ3v) is 5.76. The molecule has 2 aromatic carbocycles. The van der Waals surface area contributed by atoms with Crippen LogP contribution in [0.15, 0.2) is 60.0 Å². The molecule has 2 heterocycles. The molecule has 28 heavy (non-hydrogen) atoms. The van der Waals surface area contributed by atoms with Gasteiger partial charge in [-0.25, -0.2) is 0 Å². The summed E-state index contributed by atoms with van der Waals surface area (Å²) in [7, 11) is 0. The number of carbonyl (C=O) groups is 1. The molecule has 3 aromatic rings. The predicted molar refractivity (Wildman–Crippen MR) is 109 cm³/mol. The van der Waals surface area contributed by atoms with Crippen molar-refractivity contribution in [2.75, 3.05) is 31.2 Å². The van der Waals surface area contributed by atoms with Gasteiger partial charge in [-0.3, -0.25) is 14.9 Å². The van der Waals surface area contributed by atoms with Crippen LogP contribution >= 0.6 is 11.3 Å². The molecule has 0 spiro atoms. The molecule has 6 nitrogen and oxygen atoms in total. The summed E-state index contributed by atoms with van der Waals surface area (Å²) in [4.78, 5) is 26.1. The summed E-state index contributed by atoms with van der Waals surface area (Å²) in [6, 6.07) is 15.5. The van der Waals surface area contributed by atoms with Crippen molar-refractivity contribution in [3.63, 3.8) is 0 Å². The van der Waals surface area contributed by atoms with Crippen LogP contribution in [0, 0.1) is 10.1 Å². The molecule has 0 atom stereocenters. The Hall–Kier alpha value is -3.03. The van der Waals surface area contributed by atoms with E-state index in [1.54, 1.807) is 12.1 Å². The third-order valence-electron chi connectivity index (χ3n) is 4.72. The molecule has 1 saturated heterocycles. The Kier molecular flexibility index (Phi) is 5.18. The number of carbonyl (C=O) groups excluding carboxylic acids is 1. The van der Waals surface area contributed by atoms with Gasteiger partial charge in [0.15, 0.2) is 5.78 Å². The average Bonchev–Trinajstić information content (AvgIpc) is 3.19. The second kappa shape index (κ2) is 7.92. The smallest absolute Gasteiger partial charge is 0.269 e. The Labute approximate surface area is 166 Å². The number of nitro groups is 1. The number of nitro benzene ring substituents is 1. The maximum Gasteiger partial charge on any atom is 0.269 e. The average molecular weight is 394 g/mol. The van der Waals surface area contributed by atoms with Crippen molar-refractivity contribution >= 4 is 27.8 Å². The highest BCUT2D eigenvalue weighted by molar-refractivity contribution is 7.15. The Bertz CT molecular complexity index is 993. The molecule has 4 rings (SSSR count). The lowest BCUT2D eigenvalue weighted by Gasteiger charge is -2.28. The topological polar surface area (TPSA) is 72.7 Å². The van der Waals surface area contributed by atoms with Crippen LogP contribution in [0.5, 0.6) is 0 Å². The fraction of sp³-hybridized carbons (Fsp3) is 0.190. The van der Waals surface area contributed by atoms with Crippen molar-refractivity contribution in [3.8, 4) is 11.1 Å². The molecule has 0 unspecified atom stereocenters. The first kappa shape index (κ1) is 18.3. The van der Waals surface area contributed by atoms with Gasteiger partial charge in [0.25, 0.3) is 5.69 Å². The van der Waals surface area contributed by atoms with E-state index in [1.165, 1.54) is 23.5 Å². The van der Waals surface area contributed by atoms with Crippen molar-refractivity contribution in [3.05, 3.63) is 81.2 Å². The fourth-order valence-corrected chi connectivity index (χ4v) is 4.41. The SMILES string of the molecule is O=C(c1ccccc1)c1c(-c2ccc([N+](=O)[O-])cc2)csc1N1CCOCC1. The van der Waals surface area contributed by atoms with Gasteiger partial charge < -0.3 is 9.64 Å². The van der Waals surface area contributed by atoms with Crippen molar-refractivity contribution in [2.24, 2.45) is 0 Å². The minimum Gasteiger partial charge on any atom is -0.378 e. The van der Waals surface area contributed by atoms with Crippen LogP contribution in [0.4, 0.5) is 10.7 Å². The summed E-state index contributed by atoms with van der Waals surface area (Å²) < 4.78 is 5.45. The number of hydrogen-bond acceptors (Lipinski definition) is 6. The van der Waals surface area contributed by atoms with Gasteiger partial charge >= 0.3 is 0 Å². The number of ketones is 1. The normalized spacial score (nSPS) is 14.1. The predicted octanol–water partition coefficient (Wildman–Crippen LogP) is 4.39. The first-order valence-corrected chi connectivity index (χ1v) is 9.82. The highest BCUT2D eigenvalue weighted by Crippen LogP contribution is 2.40. The number of thiophene rings is 1. The molecule has 0 radical (unpaired) electrons. The van der Waals surface area contributed by atoms with Gasteiger partial charge in [0.1, 0.15) is 5.00 Å². The molecule has 1 aromatic heterocycles. The second-order valence-electron chi connectivity index (χ2n) is 6.43. The Morgan fingerprint density at radius 3 is 2.36 bits per heavy atom. The van der Waals surface area contributed by atoms with E-state index in [-0.39, 0.29) is 11.5 Å². The molecule has 7 heteroatoms. The number of anilines is 1. The number of ether oxygens (including phenoxy) is 1. The van der Waals surface area contributed by atoms with Crippen LogP contribution in [0.1, 0.15) is 15.9 Å². The Balaban J connectivity index is 1.81. The van der Waals surface area contributed by atoms with Gasteiger partial charge in [-0.05, 0) is 17.7 Å². The standard InChI is InChI=1S/C21H18N2O4S/c24-20(16-4-2-1-3-5-16)19-18(15-6-8-17(9-7-15)23(25)26)14-28-21(19)22-10-12-27-13-11-22/h1-9,14H,10-13H2. The van der Waals surface area contributed by atoms with Crippen LogP contribution < -0.4 is 4.90 Å². The summed E-state index contributed by atoms with van der Waals surface area (Å²) in [6.45, 7) is 2.72. The highest BCUT2D eigenvalue weighted by Gasteiger charge is 2.26. The summed E-state index contributed by atoms with van der Waals surface area (Å²) >= 11 is 1.53. The number of hydrogen-bond donors (Lipinski definition) is 0. The zero-order valence-electron chi connectivity index (χ0n) is 15.0. The first-order valence-electron chi connectivity index (χ1n) is 8.94.